The first-order valence-corrected chi connectivity index (χ1v) is 10.1. The maximum Gasteiger partial charge on any atom is 0.231 e. The molecule has 0 bridgehead atoms. The summed E-state index contributed by atoms with van der Waals surface area (Å²) in [6.07, 6.45) is 2.50. The van der Waals surface area contributed by atoms with Gasteiger partial charge in [0.25, 0.3) is 0 Å². The van der Waals surface area contributed by atoms with Crippen LogP contribution in [0.4, 0.5) is 0 Å². The summed E-state index contributed by atoms with van der Waals surface area (Å²) >= 11 is 6.33. The fourth-order valence-corrected chi connectivity index (χ4v) is 4.12. The molecule has 5 nitrogen and oxygen atoms in total. The van der Waals surface area contributed by atoms with Gasteiger partial charge in [0.05, 0.1) is 0 Å². The second-order valence-electron chi connectivity index (χ2n) is 7.47. The minimum absolute atomic E-state index is 0.245. The Hall–Kier alpha value is -2.24. The van der Waals surface area contributed by atoms with Crippen molar-refractivity contribution in [1.29, 1.82) is 0 Å². The van der Waals surface area contributed by atoms with Crippen molar-refractivity contribution in [3.8, 4) is 11.5 Å². The maximum atomic E-state index is 12.3. The van der Waals surface area contributed by atoms with E-state index >= 15 is 0 Å². The Bertz CT molecular complexity index is 871. The number of carbonyl (C=O) groups excluding carboxylic acids is 1. The number of halogens is 1. The number of carbonyl (C=O) groups is 1. The van der Waals surface area contributed by atoms with Gasteiger partial charge in [0, 0.05) is 36.6 Å². The fourth-order valence-electron chi connectivity index (χ4n) is 3.90. The van der Waals surface area contributed by atoms with Crippen LogP contribution in [0.5, 0.6) is 11.5 Å². The molecule has 0 saturated carbocycles. The second-order valence-corrected chi connectivity index (χ2v) is 7.87. The molecule has 2 heterocycles. The third-order valence-electron chi connectivity index (χ3n) is 5.40. The van der Waals surface area contributed by atoms with Gasteiger partial charge in [-0.1, -0.05) is 41.4 Å². The van der Waals surface area contributed by atoms with Crippen LogP contribution in [0.1, 0.15) is 36.0 Å². The molecule has 0 aliphatic carbocycles. The number of nitrogens with one attached hydrogen (secondary N) is 1. The maximum absolute atomic E-state index is 12.3. The van der Waals surface area contributed by atoms with E-state index in [1.54, 1.807) is 6.07 Å². The van der Waals surface area contributed by atoms with E-state index in [9.17, 15) is 4.79 Å². The zero-order valence-corrected chi connectivity index (χ0v) is 16.8. The van der Waals surface area contributed by atoms with Gasteiger partial charge in [0.2, 0.25) is 12.7 Å². The molecule has 4 rings (SSSR count). The van der Waals surface area contributed by atoms with Gasteiger partial charge in [-0.05, 0) is 43.5 Å². The largest absolute Gasteiger partial charge is 0.454 e. The molecular weight excluding hydrogens is 376 g/mol. The highest BCUT2D eigenvalue weighted by molar-refractivity contribution is 6.31. The van der Waals surface area contributed by atoms with Crippen LogP contribution in [0.3, 0.4) is 0 Å². The minimum Gasteiger partial charge on any atom is -0.454 e. The summed E-state index contributed by atoms with van der Waals surface area (Å²) in [5.41, 5.74) is 3.41. The highest BCUT2D eigenvalue weighted by Gasteiger charge is 2.30. The predicted molar refractivity (Wildman–Crippen MR) is 109 cm³/mol. The molecular formula is C22H25ClN2O3. The van der Waals surface area contributed by atoms with Crippen LogP contribution in [0.15, 0.2) is 36.4 Å². The molecule has 0 aromatic heterocycles. The van der Waals surface area contributed by atoms with Crippen LogP contribution in [0, 0.1) is 6.92 Å². The summed E-state index contributed by atoms with van der Waals surface area (Å²) in [6, 6.07) is 12.4. The number of benzene rings is 2. The van der Waals surface area contributed by atoms with Crippen molar-refractivity contribution >= 4 is 17.5 Å². The van der Waals surface area contributed by atoms with E-state index < -0.39 is 0 Å². The van der Waals surface area contributed by atoms with Crippen LogP contribution < -0.4 is 14.8 Å². The first-order chi connectivity index (χ1) is 13.6. The summed E-state index contributed by atoms with van der Waals surface area (Å²) in [6.45, 7) is 4.51. The lowest BCUT2D eigenvalue weighted by Gasteiger charge is -2.25. The topological polar surface area (TPSA) is 50.8 Å². The molecule has 28 heavy (non-hydrogen) atoms. The van der Waals surface area contributed by atoms with Crippen molar-refractivity contribution in [2.45, 2.75) is 45.3 Å². The summed E-state index contributed by atoms with van der Waals surface area (Å²) in [5.74, 6) is 1.70. The Morgan fingerprint density at radius 3 is 2.86 bits per heavy atom. The zero-order chi connectivity index (χ0) is 19.5. The molecule has 2 aliphatic rings. The standard InChI is InChI=1S/C22H25ClN2O3/c1-15-3-2-4-16(9-15)13-25-18(5-6-22(25)26)7-8-24-12-17-10-20-21(11-19(17)23)28-14-27-20/h2-4,9-11,18,24H,5-8,12-14H2,1H3. The molecule has 0 radical (unpaired) electrons. The van der Waals surface area contributed by atoms with Gasteiger partial charge in [-0.25, -0.2) is 0 Å². The van der Waals surface area contributed by atoms with Crippen LogP contribution in [-0.4, -0.2) is 30.2 Å². The minimum atomic E-state index is 0.245. The molecule has 1 fully saturated rings. The number of hydrogen-bond donors (Lipinski definition) is 1. The summed E-state index contributed by atoms with van der Waals surface area (Å²) in [5, 5.41) is 4.13. The van der Waals surface area contributed by atoms with Crippen LogP contribution in [0.2, 0.25) is 5.02 Å². The lowest BCUT2D eigenvalue weighted by Crippen LogP contribution is -2.34. The SMILES string of the molecule is Cc1cccc(CN2C(=O)CCC2CCNCc2cc3c(cc2Cl)OCO3)c1. The van der Waals surface area contributed by atoms with Gasteiger partial charge in [-0.15, -0.1) is 0 Å². The number of rotatable bonds is 7. The molecule has 2 aromatic rings. The van der Waals surface area contributed by atoms with Crippen molar-refractivity contribution in [2.75, 3.05) is 13.3 Å². The van der Waals surface area contributed by atoms with Crippen molar-refractivity contribution in [1.82, 2.24) is 10.2 Å². The molecule has 1 saturated heterocycles. The predicted octanol–water partition coefficient (Wildman–Crippen LogP) is 4.05. The summed E-state index contributed by atoms with van der Waals surface area (Å²) in [4.78, 5) is 14.4. The van der Waals surface area contributed by atoms with Gasteiger partial charge >= 0.3 is 0 Å². The van der Waals surface area contributed by atoms with Gasteiger partial charge in [0.15, 0.2) is 11.5 Å². The molecule has 2 aromatic carbocycles. The highest BCUT2D eigenvalue weighted by Crippen LogP contribution is 2.36. The molecule has 1 unspecified atom stereocenters. The fraction of sp³-hybridized carbons (Fsp3) is 0.409. The van der Waals surface area contributed by atoms with E-state index in [4.69, 9.17) is 21.1 Å². The van der Waals surface area contributed by atoms with Crippen molar-refractivity contribution in [3.05, 3.63) is 58.1 Å². The van der Waals surface area contributed by atoms with Crippen molar-refractivity contribution < 1.29 is 14.3 Å². The number of hydrogen-bond acceptors (Lipinski definition) is 4. The van der Waals surface area contributed by atoms with E-state index in [2.05, 4.69) is 36.5 Å². The highest BCUT2D eigenvalue weighted by atomic mass is 35.5. The Morgan fingerprint density at radius 2 is 2.04 bits per heavy atom. The Morgan fingerprint density at radius 1 is 1.21 bits per heavy atom. The van der Waals surface area contributed by atoms with Gasteiger partial charge in [-0.3, -0.25) is 4.79 Å². The van der Waals surface area contributed by atoms with Gasteiger partial charge in [0.1, 0.15) is 0 Å². The first-order valence-electron chi connectivity index (χ1n) is 9.74. The summed E-state index contributed by atoms with van der Waals surface area (Å²) < 4.78 is 10.8. The molecule has 1 atom stereocenters. The Labute approximate surface area is 170 Å². The molecule has 1 N–H and O–H groups in total. The number of likely N-dealkylation sites (tertiary alicyclic amines) is 1. The number of ether oxygens (including phenoxy) is 2. The van der Waals surface area contributed by atoms with E-state index in [1.807, 2.05) is 11.0 Å². The van der Waals surface area contributed by atoms with Crippen molar-refractivity contribution in [3.63, 3.8) is 0 Å². The van der Waals surface area contributed by atoms with Crippen molar-refractivity contribution in [2.24, 2.45) is 0 Å². The van der Waals surface area contributed by atoms with Gasteiger partial charge in [-0.2, -0.15) is 0 Å². The third-order valence-corrected chi connectivity index (χ3v) is 5.75. The Kier molecular flexibility index (Phi) is 5.74. The smallest absolute Gasteiger partial charge is 0.231 e. The van der Waals surface area contributed by atoms with E-state index in [0.29, 0.717) is 30.3 Å². The lowest BCUT2D eigenvalue weighted by molar-refractivity contribution is -0.129. The molecule has 0 spiro atoms. The number of nitrogens with zero attached hydrogens (tertiary/aromatic N) is 1. The van der Waals surface area contributed by atoms with E-state index in [1.165, 1.54) is 11.1 Å². The average Bonchev–Trinajstić information content (AvgIpc) is 3.26. The van der Waals surface area contributed by atoms with E-state index in [-0.39, 0.29) is 18.7 Å². The monoisotopic (exact) mass is 400 g/mol. The van der Waals surface area contributed by atoms with E-state index in [0.717, 1.165) is 30.7 Å². The number of fused-ring (bicyclic) bond motifs is 1. The molecule has 6 heteroatoms. The van der Waals surface area contributed by atoms with Gasteiger partial charge < -0.3 is 19.7 Å². The third kappa shape index (κ3) is 4.26. The Balaban J connectivity index is 1.30. The normalized spacial score (nSPS) is 18.1. The summed E-state index contributed by atoms with van der Waals surface area (Å²) in [7, 11) is 0. The lowest BCUT2D eigenvalue weighted by atomic mass is 10.1. The average molecular weight is 401 g/mol. The molecule has 2 aliphatic heterocycles. The second kappa shape index (κ2) is 8.41. The van der Waals surface area contributed by atoms with Crippen LogP contribution in [-0.2, 0) is 17.9 Å². The number of amides is 1. The first kappa shape index (κ1) is 19.1. The quantitative estimate of drug-likeness (QED) is 0.712. The molecule has 1 amide bonds. The number of aryl methyl sites for hydroxylation is 1. The molecule has 148 valence electrons. The van der Waals surface area contributed by atoms with Crippen LogP contribution >= 0.6 is 11.6 Å². The van der Waals surface area contributed by atoms with Crippen LogP contribution in [0.25, 0.3) is 0 Å². The zero-order valence-electron chi connectivity index (χ0n) is 16.0.